The first-order valence-corrected chi connectivity index (χ1v) is 9.73. The van der Waals surface area contributed by atoms with Gasteiger partial charge in [-0.05, 0) is 56.3 Å². The van der Waals surface area contributed by atoms with Crippen LogP contribution in [-0.2, 0) is 9.53 Å². The van der Waals surface area contributed by atoms with E-state index in [1.54, 1.807) is 29.2 Å². The van der Waals surface area contributed by atoms with E-state index in [-0.39, 0.29) is 35.6 Å². The third kappa shape index (κ3) is 5.68. The Balaban J connectivity index is 1.53. The molecule has 8 heteroatoms. The quantitative estimate of drug-likeness (QED) is 0.773. The molecule has 0 bridgehead atoms. The van der Waals surface area contributed by atoms with Crippen molar-refractivity contribution in [3.05, 3.63) is 58.9 Å². The van der Waals surface area contributed by atoms with Crippen molar-refractivity contribution in [3.63, 3.8) is 0 Å². The van der Waals surface area contributed by atoms with E-state index >= 15 is 0 Å². The number of morpholine rings is 1. The predicted octanol–water partition coefficient (Wildman–Crippen LogP) is 3.78. The lowest BCUT2D eigenvalue weighted by Crippen LogP contribution is -2.48. The molecule has 1 aliphatic rings. The molecule has 154 valence electrons. The molecular formula is C21H23ClFN3O3. The van der Waals surface area contributed by atoms with Crippen LogP contribution in [0.4, 0.5) is 15.8 Å². The van der Waals surface area contributed by atoms with Crippen LogP contribution < -0.4 is 10.6 Å². The maximum Gasteiger partial charge on any atom is 0.254 e. The maximum atomic E-state index is 13.1. The number of carbonyl (C=O) groups excluding carboxylic acids is 2. The number of carbonyl (C=O) groups is 2. The van der Waals surface area contributed by atoms with Crippen molar-refractivity contribution in [2.75, 3.05) is 30.3 Å². The van der Waals surface area contributed by atoms with Crippen LogP contribution in [0, 0.1) is 5.82 Å². The summed E-state index contributed by atoms with van der Waals surface area (Å²) >= 11 is 5.90. The molecular weight excluding hydrogens is 397 g/mol. The van der Waals surface area contributed by atoms with Crippen molar-refractivity contribution >= 4 is 34.8 Å². The topological polar surface area (TPSA) is 70.7 Å². The van der Waals surface area contributed by atoms with E-state index in [1.165, 1.54) is 12.1 Å². The summed E-state index contributed by atoms with van der Waals surface area (Å²) in [6.45, 7) is 5.03. The molecule has 0 aromatic heterocycles. The number of anilines is 2. The fourth-order valence-electron chi connectivity index (χ4n) is 3.22. The second-order valence-corrected chi connectivity index (χ2v) is 7.48. The highest BCUT2D eigenvalue weighted by Crippen LogP contribution is 2.22. The van der Waals surface area contributed by atoms with Gasteiger partial charge in [0.05, 0.1) is 29.5 Å². The summed E-state index contributed by atoms with van der Waals surface area (Å²) in [6.07, 6.45) is 0.0218. The Labute approximate surface area is 174 Å². The van der Waals surface area contributed by atoms with Gasteiger partial charge in [-0.15, -0.1) is 0 Å². The minimum atomic E-state index is -0.471. The molecule has 2 atom stereocenters. The summed E-state index contributed by atoms with van der Waals surface area (Å²) in [6, 6.07) is 10.7. The summed E-state index contributed by atoms with van der Waals surface area (Å²) in [5.41, 5.74) is 1.62. The van der Waals surface area contributed by atoms with Gasteiger partial charge < -0.3 is 20.3 Å². The van der Waals surface area contributed by atoms with Gasteiger partial charge in [0.1, 0.15) is 5.82 Å². The monoisotopic (exact) mass is 419 g/mol. The molecule has 29 heavy (non-hydrogen) atoms. The van der Waals surface area contributed by atoms with Gasteiger partial charge in [0.15, 0.2) is 0 Å². The Morgan fingerprint density at radius 2 is 1.79 bits per heavy atom. The molecule has 6 nitrogen and oxygen atoms in total. The number of halogens is 2. The summed E-state index contributed by atoms with van der Waals surface area (Å²) < 4.78 is 18.7. The van der Waals surface area contributed by atoms with E-state index in [1.807, 2.05) is 13.8 Å². The van der Waals surface area contributed by atoms with E-state index in [0.29, 0.717) is 30.0 Å². The molecule has 2 aromatic carbocycles. The third-order valence-corrected chi connectivity index (χ3v) is 4.81. The largest absolute Gasteiger partial charge is 0.376 e. The highest BCUT2D eigenvalue weighted by molar-refractivity contribution is 6.33. The number of rotatable bonds is 5. The molecule has 3 rings (SSSR count). The van der Waals surface area contributed by atoms with Gasteiger partial charge in [-0.2, -0.15) is 0 Å². The highest BCUT2D eigenvalue weighted by atomic mass is 35.5. The van der Waals surface area contributed by atoms with Crippen molar-refractivity contribution in [2.45, 2.75) is 26.1 Å². The maximum absolute atomic E-state index is 13.1. The van der Waals surface area contributed by atoms with Gasteiger partial charge in [0, 0.05) is 24.3 Å². The molecule has 1 fully saturated rings. The van der Waals surface area contributed by atoms with Crippen LogP contribution in [0.1, 0.15) is 24.2 Å². The van der Waals surface area contributed by atoms with Crippen LogP contribution in [0.3, 0.4) is 0 Å². The molecule has 0 aliphatic carbocycles. The smallest absolute Gasteiger partial charge is 0.254 e. The van der Waals surface area contributed by atoms with E-state index in [0.717, 1.165) is 6.07 Å². The minimum Gasteiger partial charge on any atom is -0.376 e. The van der Waals surface area contributed by atoms with Crippen LogP contribution in [-0.4, -0.2) is 48.6 Å². The summed E-state index contributed by atoms with van der Waals surface area (Å²) in [5, 5.41) is 5.73. The Morgan fingerprint density at radius 1 is 1.14 bits per heavy atom. The number of nitrogens with zero attached hydrogens (tertiary/aromatic N) is 1. The van der Waals surface area contributed by atoms with E-state index in [9.17, 15) is 14.0 Å². The number of benzene rings is 2. The first-order valence-electron chi connectivity index (χ1n) is 9.35. The second kappa shape index (κ2) is 9.24. The Bertz CT molecular complexity index is 881. The Kier molecular flexibility index (Phi) is 6.71. The molecule has 1 saturated heterocycles. The highest BCUT2D eigenvalue weighted by Gasteiger charge is 2.26. The average Bonchev–Trinajstić information content (AvgIpc) is 2.67. The number of ether oxygens (including phenoxy) is 1. The lowest BCUT2D eigenvalue weighted by Gasteiger charge is -2.35. The van der Waals surface area contributed by atoms with Crippen LogP contribution in [0.5, 0.6) is 0 Å². The zero-order valence-corrected chi connectivity index (χ0v) is 17.0. The van der Waals surface area contributed by atoms with Crippen LogP contribution in [0.2, 0.25) is 5.02 Å². The second-order valence-electron chi connectivity index (χ2n) is 7.07. The Morgan fingerprint density at radius 3 is 2.41 bits per heavy atom. The molecule has 2 unspecified atom stereocenters. The van der Waals surface area contributed by atoms with Gasteiger partial charge in [-0.3, -0.25) is 9.59 Å². The van der Waals surface area contributed by atoms with Gasteiger partial charge in [-0.25, -0.2) is 4.39 Å². The molecule has 2 amide bonds. The first kappa shape index (κ1) is 21.1. The van der Waals surface area contributed by atoms with Crippen molar-refractivity contribution in [1.82, 2.24) is 4.90 Å². The van der Waals surface area contributed by atoms with Crippen LogP contribution >= 0.6 is 11.6 Å². The van der Waals surface area contributed by atoms with Crippen molar-refractivity contribution < 1.29 is 18.7 Å². The number of hydrogen-bond donors (Lipinski definition) is 2. The zero-order chi connectivity index (χ0) is 21.0. The fraction of sp³-hybridized carbons (Fsp3) is 0.333. The minimum absolute atomic E-state index is 0.000504. The Hall–Kier alpha value is -2.64. The molecule has 0 saturated carbocycles. The predicted molar refractivity (Wildman–Crippen MR) is 111 cm³/mol. The summed E-state index contributed by atoms with van der Waals surface area (Å²) in [7, 11) is 0. The summed E-state index contributed by atoms with van der Waals surface area (Å²) in [4.78, 5) is 26.5. The fourth-order valence-corrected chi connectivity index (χ4v) is 3.44. The normalized spacial score (nSPS) is 19.0. The summed E-state index contributed by atoms with van der Waals surface area (Å²) in [5.74, 6) is -0.834. The molecule has 0 spiro atoms. The molecule has 1 aliphatic heterocycles. The standard InChI is InChI=1S/C21H23ClFN3O3/c1-13-11-26(12-14(2)29-13)21(28)15-3-6-17(7-4-15)24-10-20(27)25-19-8-5-16(23)9-18(19)22/h3-9,13-14,24H,10-12H2,1-2H3,(H,25,27). The first-order chi connectivity index (χ1) is 13.8. The van der Waals surface area contributed by atoms with Crippen LogP contribution in [0.15, 0.2) is 42.5 Å². The van der Waals surface area contributed by atoms with Crippen molar-refractivity contribution in [3.8, 4) is 0 Å². The number of hydrogen-bond acceptors (Lipinski definition) is 4. The molecule has 2 N–H and O–H groups in total. The molecule has 0 radical (unpaired) electrons. The van der Waals surface area contributed by atoms with E-state index in [2.05, 4.69) is 10.6 Å². The van der Waals surface area contributed by atoms with Crippen molar-refractivity contribution in [2.24, 2.45) is 0 Å². The average molecular weight is 420 g/mol. The number of amides is 2. The van der Waals surface area contributed by atoms with E-state index in [4.69, 9.17) is 16.3 Å². The SMILES string of the molecule is CC1CN(C(=O)c2ccc(NCC(=O)Nc3ccc(F)cc3Cl)cc2)CC(C)O1. The lowest BCUT2D eigenvalue weighted by molar-refractivity contribution is -0.114. The lowest BCUT2D eigenvalue weighted by atomic mass is 10.1. The molecule has 1 heterocycles. The van der Waals surface area contributed by atoms with Gasteiger partial charge >= 0.3 is 0 Å². The van der Waals surface area contributed by atoms with Gasteiger partial charge in [0.25, 0.3) is 5.91 Å². The number of nitrogens with one attached hydrogen (secondary N) is 2. The van der Waals surface area contributed by atoms with Crippen molar-refractivity contribution in [1.29, 1.82) is 0 Å². The van der Waals surface area contributed by atoms with Gasteiger partial charge in [0.2, 0.25) is 5.91 Å². The third-order valence-electron chi connectivity index (χ3n) is 4.50. The van der Waals surface area contributed by atoms with E-state index < -0.39 is 5.82 Å². The molecule has 2 aromatic rings. The van der Waals surface area contributed by atoms with Gasteiger partial charge in [-0.1, -0.05) is 11.6 Å². The zero-order valence-electron chi connectivity index (χ0n) is 16.2. The van der Waals surface area contributed by atoms with Crippen LogP contribution in [0.25, 0.3) is 0 Å².